The van der Waals surface area contributed by atoms with Crippen molar-refractivity contribution in [1.82, 2.24) is 0 Å². The molecule has 5 nitrogen and oxygen atoms in total. The van der Waals surface area contributed by atoms with Gasteiger partial charge in [-0.15, -0.1) is 0 Å². The number of hydrogen-bond donors (Lipinski definition) is 3. The maximum absolute atomic E-state index is 10.3. The summed E-state index contributed by atoms with van der Waals surface area (Å²) in [5, 5.41) is 39.6. The molecule has 0 aliphatic rings. The van der Waals surface area contributed by atoms with E-state index in [1.807, 2.05) is 19.1 Å². The summed E-state index contributed by atoms with van der Waals surface area (Å²) in [5.74, 6) is -1.06. The average Bonchev–Trinajstić information content (AvgIpc) is 2.63. The van der Waals surface area contributed by atoms with Gasteiger partial charge in [-0.25, -0.2) is 0 Å². The Bertz CT molecular complexity index is 517. The number of hydrogen-bond acceptors (Lipinski definition) is 5. The van der Waals surface area contributed by atoms with Crippen LogP contribution in [0.3, 0.4) is 0 Å². The summed E-state index contributed by atoms with van der Waals surface area (Å²) in [5.41, 5.74) is 0. The number of carboxylic acids is 1. The van der Waals surface area contributed by atoms with Crippen molar-refractivity contribution >= 4 is 5.97 Å². The Morgan fingerprint density at radius 2 is 1.52 bits per heavy atom. The Morgan fingerprint density at radius 1 is 0.889 bits per heavy atom. The van der Waals surface area contributed by atoms with Crippen molar-refractivity contribution in [1.29, 1.82) is 0 Å². The summed E-state index contributed by atoms with van der Waals surface area (Å²) in [7, 11) is 0. The highest BCUT2D eigenvalue weighted by molar-refractivity contribution is 5.64. The maximum Gasteiger partial charge on any atom is 0.0982 e. The second-order valence-corrected chi connectivity index (χ2v) is 6.25. The molecule has 0 spiro atoms. The number of rotatable bonds is 15. The molecule has 0 aromatic carbocycles. The third-order valence-electron chi connectivity index (χ3n) is 3.75. The number of carbonyl (C=O) groups excluding carboxylic acids is 1. The minimum absolute atomic E-state index is 0.0287. The lowest BCUT2D eigenvalue weighted by atomic mass is 10.0. The van der Waals surface area contributed by atoms with E-state index in [-0.39, 0.29) is 6.42 Å². The van der Waals surface area contributed by atoms with E-state index in [2.05, 4.69) is 0 Å². The minimum Gasteiger partial charge on any atom is -0.550 e. The van der Waals surface area contributed by atoms with Crippen molar-refractivity contribution in [3.8, 4) is 0 Å². The fraction of sp³-hybridized carbons (Fsp3) is 0.500. The molecule has 0 saturated heterocycles. The molecule has 3 N–H and O–H groups in total. The highest BCUT2D eigenvalue weighted by Crippen LogP contribution is 2.09. The van der Waals surface area contributed by atoms with Crippen LogP contribution in [0, 0.1) is 0 Å². The van der Waals surface area contributed by atoms with Gasteiger partial charge in [0, 0.05) is 5.97 Å². The van der Waals surface area contributed by atoms with Gasteiger partial charge >= 0.3 is 0 Å². The molecule has 0 aliphatic heterocycles. The fourth-order valence-electron chi connectivity index (χ4n) is 2.21. The first-order chi connectivity index (χ1) is 13.0. The van der Waals surface area contributed by atoms with E-state index in [9.17, 15) is 25.2 Å². The second-order valence-electron chi connectivity index (χ2n) is 6.25. The lowest BCUT2D eigenvalue weighted by Gasteiger charge is -2.14. The average molecular weight is 378 g/mol. The zero-order valence-corrected chi connectivity index (χ0v) is 16.1. The van der Waals surface area contributed by atoms with Crippen molar-refractivity contribution < 1.29 is 25.2 Å². The van der Waals surface area contributed by atoms with Gasteiger partial charge in [0.2, 0.25) is 0 Å². The van der Waals surface area contributed by atoms with Crippen LogP contribution in [0.1, 0.15) is 51.9 Å². The number of allylic oxidation sites excluding steroid dienone is 7. The van der Waals surface area contributed by atoms with E-state index >= 15 is 0 Å². The molecule has 152 valence electrons. The molecule has 27 heavy (non-hydrogen) atoms. The van der Waals surface area contributed by atoms with Crippen LogP contribution in [-0.4, -0.2) is 39.6 Å². The van der Waals surface area contributed by atoms with Crippen LogP contribution >= 0.6 is 0 Å². The van der Waals surface area contributed by atoms with Gasteiger partial charge in [-0.2, -0.15) is 0 Å². The van der Waals surface area contributed by atoms with Crippen LogP contribution in [0.4, 0.5) is 0 Å². The number of aliphatic carboxylic acids is 1. The van der Waals surface area contributed by atoms with Gasteiger partial charge in [-0.3, -0.25) is 0 Å². The molecule has 0 fully saturated rings. The summed E-state index contributed by atoms with van der Waals surface area (Å²) in [6, 6.07) is 0. The highest BCUT2D eigenvalue weighted by Gasteiger charge is 2.11. The van der Waals surface area contributed by atoms with Gasteiger partial charge in [-0.1, -0.05) is 80.5 Å². The first-order valence-corrected chi connectivity index (χ1v) is 9.54. The number of aliphatic hydroxyl groups is 3. The molecule has 0 heterocycles. The normalized spacial score (nSPS) is 16.3. The Morgan fingerprint density at radius 3 is 2.15 bits per heavy atom. The zero-order chi connectivity index (χ0) is 20.3. The van der Waals surface area contributed by atoms with Crippen LogP contribution < -0.4 is 5.11 Å². The Hall–Kier alpha value is -1.95. The quantitative estimate of drug-likeness (QED) is 0.231. The third kappa shape index (κ3) is 17.2. The molecule has 0 rings (SSSR count). The third-order valence-corrected chi connectivity index (χ3v) is 3.75. The van der Waals surface area contributed by atoms with Gasteiger partial charge < -0.3 is 25.2 Å². The largest absolute Gasteiger partial charge is 0.550 e. The van der Waals surface area contributed by atoms with E-state index in [1.54, 1.807) is 42.5 Å². The van der Waals surface area contributed by atoms with E-state index < -0.39 is 24.3 Å². The molecule has 0 aliphatic carbocycles. The van der Waals surface area contributed by atoms with Crippen molar-refractivity contribution in [2.24, 2.45) is 0 Å². The summed E-state index contributed by atoms with van der Waals surface area (Å²) >= 11 is 0. The molecule has 0 bridgehead atoms. The smallest absolute Gasteiger partial charge is 0.0982 e. The molecular weight excluding hydrogens is 344 g/mol. The molecule has 0 aromatic heterocycles. The van der Waals surface area contributed by atoms with Crippen molar-refractivity contribution in [3.05, 3.63) is 60.8 Å². The van der Waals surface area contributed by atoms with Gasteiger partial charge in [0.1, 0.15) is 0 Å². The van der Waals surface area contributed by atoms with E-state index in [0.29, 0.717) is 32.1 Å². The van der Waals surface area contributed by atoms with Gasteiger partial charge in [-0.05, 0) is 32.1 Å². The van der Waals surface area contributed by atoms with Crippen molar-refractivity contribution in [3.63, 3.8) is 0 Å². The van der Waals surface area contributed by atoms with E-state index in [0.717, 1.165) is 6.42 Å². The number of carbonyl (C=O) groups is 1. The van der Waals surface area contributed by atoms with E-state index in [4.69, 9.17) is 0 Å². The van der Waals surface area contributed by atoms with Crippen LogP contribution in [0.25, 0.3) is 0 Å². The number of unbranched alkanes of at least 4 members (excludes halogenated alkanes) is 2. The van der Waals surface area contributed by atoms with Gasteiger partial charge in [0.15, 0.2) is 0 Å². The molecule has 5 heteroatoms. The summed E-state index contributed by atoms with van der Waals surface area (Å²) in [4.78, 5) is 10.3. The molecule has 0 amide bonds. The predicted octanol–water partition coefficient (Wildman–Crippen LogP) is 2.35. The summed E-state index contributed by atoms with van der Waals surface area (Å²) < 4.78 is 0. The molecular formula is C22H33O5-. The van der Waals surface area contributed by atoms with Gasteiger partial charge in [0.25, 0.3) is 0 Å². The molecule has 0 aromatic rings. The number of carboxylic acid groups (broad SMARTS) is 1. The monoisotopic (exact) mass is 377 g/mol. The Balaban J connectivity index is 3.96. The molecule has 1 unspecified atom stereocenters. The molecule has 0 saturated carbocycles. The standard InChI is InChI=1S/C22H34O5/c1-2-3-9-14-19(23)15-10-6-4-5-7-11-16-20(24)21(25)17-12-8-13-18-22(26)27/h3-7,9-11,15-16,19-21,23-25H,2,8,12-14,17-18H2,1H3,(H,26,27)/p-1/b6-4?,7-5?,9-3-,15-10+,16-11?/t19-,20?,21-/m0/s1. The highest BCUT2D eigenvalue weighted by atomic mass is 16.4. The Kier molecular flexibility index (Phi) is 16.2. The maximum atomic E-state index is 10.3. The Labute approximate surface area is 162 Å². The lowest BCUT2D eigenvalue weighted by molar-refractivity contribution is -0.305. The van der Waals surface area contributed by atoms with Crippen LogP contribution in [0.2, 0.25) is 0 Å². The predicted molar refractivity (Wildman–Crippen MR) is 107 cm³/mol. The van der Waals surface area contributed by atoms with Gasteiger partial charge in [0.05, 0.1) is 18.3 Å². The fourth-order valence-corrected chi connectivity index (χ4v) is 2.21. The summed E-state index contributed by atoms with van der Waals surface area (Å²) in [6.07, 6.45) is 19.3. The molecule has 3 atom stereocenters. The van der Waals surface area contributed by atoms with Crippen molar-refractivity contribution in [2.45, 2.75) is 70.2 Å². The zero-order valence-electron chi connectivity index (χ0n) is 16.1. The van der Waals surface area contributed by atoms with E-state index in [1.165, 1.54) is 6.08 Å². The first-order valence-electron chi connectivity index (χ1n) is 9.54. The summed E-state index contributed by atoms with van der Waals surface area (Å²) in [6.45, 7) is 2.05. The van der Waals surface area contributed by atoms with Crippen LogP contribution in [0.5, 0.6) is 0 Å². The molecule has 0 radical (unpaired) electrons. The minimum atomic E-state index is -1.06. The van der Waals surface area contributed by atoms with Crippen LogP contribution in [-0.2, 0) is 4.79 Å². The van der Waals surface area contributed by atoms with Crippen LogP contribution in [0.15, 0.2) is 60.8 Å². The second kappa shape index (κ2) is 17.5. The van der Waals surface area contributed by atoms with Crippen molar-refractivity contribution in [2.75, 3.05) is 0 Å². The number of aliphatic hydroxyl groups excluding tert-OH is 3. The topological polar surface area (TPSA) is 101 Å². The SMILES string of the molecule is CC/C=C\C[C@H](O)/C=C/C=CC=CC=CC(O)[C@@H](O)CCCCCC(=O)[O-]. The lowest BCUT2D eigenvalue weighted by Crippen LogP contribution is -2.23. The first kappa shape index (κ1) is 25.1.